The predicted octanol–water partition coefficient (Wildman–Crippen LogP) is 4.47. The molecule has 5 nitrogen and oxygen atoms in total. The van der Waals surface area contributed by atoms with Crippen molar-refractivity contribution >= 4 is 11.9 Å². The zero-order valence-corrected chi connectivity index (χ0v) is 16.3. The van der Waals surface area contributed by atoms with Crippen molar-refractivity contribution in [3.8, 4) is 5.75 Å². The molecule has 0 aromatic heterocycles. The lowest BCUT2D eigenvalue weighted by Gasteiger charge is -2.23. The van der Waals surface area contributed by atoms with Crippen molar-refractivity contribution in [3.05, 3.63) is 53.6 Å². The number of halogens is 2. The van der Waals surface area contributed by atoms with Gasteiger partial charge in [-0.1, -0.05) is 18.2 Å². The number of nitrogens with one attached hydrogen (secondary N) is 1. The fraction of sp³-hybridized carbons (Fsp3) is 0.429. The highest BCUT2D eigenvalue weighted by Gasteiger charge is 2.25. The summed E-state index contributed by atoms with van der Waals surface area (Å²) in [6.45, 7) is 4.82. The summed E-state index contributed by atoms with van der Waals surface area (Å²) < 4.78 is 37.2. The molecule has 0 saturated heterocycles. The van der Waals surface area contributed by atoms with Gasteiger partial charge in [-0.15, -0.1) is 0 Å². The third kappa shape index (κ3) is 7.50. The van der Waals surface area contributed by atoms with Gasteiger partial charge in [0.05, 0.1) is 0 Å². The number of benzene rings is 1. The zero-order chi connectivity index (χ0) is 20.7. The van der Waals surface area contributed by atoms with Crippen LogP contribution in [0.5, 0.6) is 5.75 Å². The number of carbonyl (C=O) groups is 2. The van der Waals surface area contributed by atoms with E-state index < -0.39 is 29.4 Å². The topological polar surface area (TPSA) is 64.6 Å². The van der Waals surface area contributed by atoms with Gasteiger partial charge in [-0.3, -0.25) is 4.79 Å². The molecule has 1 amide bonds. The molecule has 0 spiro atoms. The van der Waals surface area contributed by atoms with Gasteiger partial charge in [-0.25, -0.2) is 13.6 Å². The number of ether oxygens (including phenoxy) is 2. The van der Waals surface area contributed by atoms with Crippen molar-refractivity contribution in [1.29, 1.82) is 0 Å². The second kappa shape index (κ2) is 9.48. The number of amides is 1. The molecule has 7 heteroatoms. The summed E-state index contributed by atoms with van der Waals surface area (Å²) in [6.07, 6.45) is 6.92. The Morgan fingerprint density at radius 2 is 1.82 bits per heavy atom. The lowest BCUT2D eigenvalue weighted by Crippen LogP contribution is -2.46. The molecule has 0 aliphatic heterocycles. The largest absolute Gasteiger partial charge is 0.491 e. The second-order valence-corrected chi connectivity index (χ2v) is 7.52. The van der Waals surface area contributed by atoms with Gasteiger partial charge in [0, 0.05) is 24.6 Å². The van der Waals surface area contributed by atoms with Gasteiger partial charge in [0.2, 0.25) is 0 Å². The average Bonchev–Trinajstić information content (AvgIpc) is 2.57. The quantitative estimate of drug-likeness (QED) is 0.742. The normalized spacial score (nSPS) is 14.8. The van der Waals surface area contributed by atoms with Crippen molar-refractivity contribution in [2.75, 3.05) is 6.61 Å². The molecule has 0 unspecified atom stereocenters. The van der Waals surface area contributed by atoms with Crippen LogP contribution >= 0.6 is 0 Å². The molecular weight excluding hydrogens is 368 g/mol. The number of hydrogen-bond donors (Lipinski definition) is 1. The fourth-order valence-electron chi connectivity index (χ4n) is 2.58. The summed E-state index contributed by atoms with van der Waals surface area (Å²) in [6, 6.07) is 1.70. The highest BCUT2D eigenvalue weighted by molar-refractivity contribution is 5.89. The van der Waals surface area contributed by atoms with Crippen molar-refractivity contribution < 1.29 is 27.8 Å². The van der Waals surface area contributed by atoms with Gasteiger partial charge in [0.1, 0.15) is 35.6 Å². The Hall–Kier alpha value is -2.70. The van der Waals surface area contributed by atoms with Crippen molar-refractivity contribution in [2.45, 2.75) is 51.7 Å². The van der Waals surface area contributed by atoms with Gasteiger partial charge in [-0.05, 0) is 39.2 Å². The van der Waals surface area contributed by atoms with Crippen LogP contribution in [-0.2, 0) is 9.53 Å². The van der Waals surface area contributed by atoms with E-state index in [9.17, 15) is 18.4 Å². The Kier molecular flexibility index (Phi) is 7.31. The molecule has 1 aliphatic rings. The first-order chi connectivity index (χ1) is 13.1. The molecule has 152 valence electrons. The molecule has 0 heterocycles. The van der Waals surface area contributed by atoms with E-state index >= 15 is 0 Å². The summed E-state index contributed by atoms with van der Waals surface area (Å²) >= 11 is 0. The monoisotopic (exact) mass is 393 g/mol. The SMILES string of the molecule is CC(C)(C)OC(=O)N[C@@H](COc1cc(F)cc(F)c1)C(=O)CC1=CCCC=C1. The number of allylic oxidation sites excluding steroid dienone is 4. The lowest BCUT2D eigenvalue weighted by molar-refractivity contribution is -0.121. The number of rotatable bonds is 7. The molecule has 1 aromatic rings. The van der Waals surface area contributed by atoms with Crippen molar-refractivity contribution in [2.24, 2.45) is 0 Å². The van der Waals surface area contributed by atoms with E-state index in [0.29, 0.717) is 0 Å². The summed E-state index contributed by atoms with van der Waals surface area (Å²) in [5, 5.41) is 2.49. The third-order valence-corrected chi connectivity index (χ3v) is 3.78. The first-order valence-electron chi connectivity index (χ1n) is 9.09. The van der Waals surface area contributed by atoms with E-state index in [2.05, 4.69) is 5.32 Å². The maximum Gasteiger partial charge on any atom is 0.408 e. The van der Waals surface area contributed by atoms with Crippen LogP contribution < -0.4 is 10.1 Å². The minimum absolute atomic E-state index is 0.0712. The molecule has 2 rings (SSSR count). The number of hydrogen-bond acceptors (Lipinski definition) is 4. The summed E-state index contributed by atoms with van der Waals surface area (Å²) in [4.78, 5) is 24.8. The third-order valence-electron chi connectivity index (χ3n) is 3.78. The van der Waals surface area contributed by atoms with Gasteiger partial charge in [0.15, 0.2) is 5.78 Å². The summed E-state index contributed by atoms with van der Waals surface area (Å²) in [7, 11) is 0. The number of Topliss-reactive ketones (excluding diaryl/α,β-unsaturated/α-hetero) is 1. The van der Waals surface area contributed by atoms with Gasteiger partial charge in [0.25, 0.3) is 0 Å². The standard InChI is InChI=1S/C21H25F2NO4/c1-21(2,3)28-20(26)24-18(19(25)9-14-7-5-4-6-8-14)13-27-17-11-15(22)10-16(23)12-17/h5,7-8,10-12,18H,4,6,9,13H2,1-3H3,(H,24,26)/t18-/m0/s1. The Labute approximate surface area is 163 Å². The van der Waals surface area contributed by atoms with Crippen LogP contribution in [-0.4, -0.2) is 30.1 Å². The van der Waals surface area contributed by atoms with E-state index in [4.69, 9.17) is 9.47 Å². The molecule has 0 fully saturated rings. The minimum atomic E-state index is -1.03. The Balaban J connectivity index is 2.07. The van der Waals surface area contributed by atoms with Crippen LogP contribution in [0, 0.1) is 11.6 Å². The highest BCUT2D eigenvalue weighted by Crippen LogP contribution is 2.18. The molecule has 1 aliphatic carbocycles. The van der Waals surface area contributed by atoms with E-state index in [0.717, 1.165) is 36.6 Å². The molecule has 1 aromatic carbocycles. The van der Waals surface area contributed by atoms with E-state index in [-0.39, 0.29) is 24.6 Å². The van der Waals surface area contributed by atoms with Gasteiger partial charge >= 0.3 is 6.09 Å². The number of ketones is 1. The molecule has 0 radical (unpaired) electrons. The molecule has 28 heavy (non-hydrogen) atoms. The van der Waals surface area contributed by atoms with Crippen LogP contribution in [0.25, 0.3) is 0 Å². The molecule has 0 saturated carbocycles. The van der Waals surface area contributed by atoms with Gasteiger partial charge < -0.3 is 14.8 Å². The first-order valence-corrected chi connectivity index (χ1v) is 9.09. The molecule has 0 bridgehead atoms. The first kappa shape index (κ1) is 21.6. The van der Waals surface area contributed by atoms with Crippen LogP contribution in [0.15, 0.2) is 42.0 Å². The van der Waals surface area contributed by atoms with E-state index in [1.54, 1.807) is 20.8 Å². The van der Waals surface area contributed by atoms with E-state index in [1.807, 2.05) is 18.2 Å². The van der Waals surface area contributed by atoms with Crippen LogP contribution in [0.3, 0.4) is 0 Å². The maximum absolute atomic E-state index is 13.3. The Morgan fingerprint density at radius 3 is 2.39 bits per heavy atom. The maximum atomic E-state index is 13.3. The van der Waals surface area contributed by atoms with Crippen LogP contribution in [0.2, 0.25) is 0 Å². The molecular formula is C21H25F2NO4. The van der Waals surface area contributed by atoms with Crippen LogP contribution in [0.4, 0.5) is 13.6 Å². The Bertz CT molecular complexity index is 761. The smallest absolute Gasteiger partial charge is 0.408 e. The second-order valence-electron chi connectivity index (χ2n) is 7.52. The zero-order valence-electron chi connectivity index (χ0n) is 16.3. The Morgan fingerprint density at radius 1 is 1.14 bits per heavy atom. The minimum Gasteiger partial charge on any atom is -0.491 e. The number of carbonyl (C=O) groups excluding carboxylic acids is 2. The predicted molar refractivity (Wildman–Crippen MR) is 101 cm³/mol. The fourth-order valence-corrected chi connectivity index (χ4v) is 2.58. The molecule has 1 atom stereocenters. The number of alkyl carbamates (subject to hydrolysis) is 1. The van der Waals surface area contributed by atoms with Crippen LogP contribution in [0.1, 0.15) is 40.0 Å². The molecule has 1 N–H and O–H groups in total. The highest BCUT2D eigenvalue weighted by atomic mass is 19.1. The van der Waals surface area contributed by atoms with E-state index in [1.165, 1.54) is 0 Å². The lowest BCUT2D eigenvalue weighted by atomic mass is 9.99. The van der Waals surface area contributed by atoms with Crippen molar-refractivity contribution in [1.82, 2.24) is 5.32 Å². The summed E-state index contributed by atoms with van der Waals surface area (Å²) in [5.41, 5.74) is 0.114. The van der Waals surface area contributed by atoms with Gasteiger partial charge in [-0.2, -0.15) is 0 Å². The summed E-state index contributed by atoms with van der Waals surface area (Å²) in [5.74, 6) is -1.95. The van der Waals surface area contributed by atoms with Crippen molar-refractivity contribution in [3.63, 3.8) is 0 Å². The average molecular weight is 393 g/mol.